The van der Waals surface area contributed by atoms with Crippen molar-refractivity contribution < 1.29 is 32.2 Å². The van der Waals surface area contributed by atoms with Gasteiger partial charge in [0, 0.05) is 50.2 Å². The highest BCUT2D eigenvalue weighted by Gasteiger charge is 2.34. The molecule has 1 aliphatic heterocycles. The van der Waals surface area contributed by atoms with Gasteiger partial charge in [0.1, 0.15) is 23.8 Å². The molecule has 1 aliphatic rings. The minimum Gasteiger partial charge on any atom is -0.445 e. The Bertz CT molecular complexity index is 1620. The molecule has 0 bridgehead atoms. The predicted octanol–water partition coefficient (Wildman–Crippen LogP) is 7.04. The SMILES string of the molecule is O=C(Nc1ccc(Oc2cc(Cl)ncn2)cc1)Nc1ccc(CN2CCN(C(=O)OCc3ccccc3)CC2)c(C(F)(F)F)c1. The van der Waals surface area contributed by atoms with Crippen LogP contribution in [0, 0.1) is 0 Å². The summed E-state index contributed by atoms with van der Waals surface area (Å²) >= 11 is 5.82. The third-order valence-corrected chi connectivity index (χ3v) is 7.05. The van der Waals surface area contributed by atoms with Gasteiger partial charge in [-0.3, -0.25) is 4.90 Å². The van der Waals surface area contributed by atoms with Gasteiger partial charge in [0.05, 0.1) is 5.56 Å². The molecule has 5 rings (SSSR count). The van der Waals surface area contributed by atoms with E-state index in [1.165, 1.54) is 24.5 Å². The lowest BCUT2D eigenvalue weighted by Gasteiger charge is -2.34. The van der Waals surface area contributed by atoms with Crippen molar-refractivity contribution in [2.45, 2.75) is 19.3 Å². The van der Waals surface area contributed by atoms with E-state index >= 15 is 0 Å². The van der Waals surface area contributed by atoms with Crippen LogP contribution in [0.5, 0.6) is 11.6 Å². The second kappa shape index (κ2) is 14.3. The zero-order valence-electron chi connectivity index (χ0n) is 23.8. The van der Waals surface area contributed by atoms with Gasteiger partial charge < -0.3 is 25.0 Å². The van der Waals surface area contributed by atoms with Gasteiger partial charge in [0.15, 0.2) is 0 Å². The fourth-order valence-electron chi connectivity index (χ4n) is 4.59. The first-order valence-electron chi connectivity index (χ1n) is 13.8. The van der Waals surface area contributed by atoms with Gasteiger partial charge in [-0.1, -0.05) is 48.0 Å². The molecule has 0 radical (unpaired) electrons. The van der Waals surface area contributed by atoms with Gasteiger partial charge in [-0.15, -0.1) is 0 Å². The summed E-state index contributed by atoms with van der Waals surface area (Å²) in [6.07, 6.45) is -3.85. The van der Waals surface area contributed by atoms with Crippen LogP contribution in [0.3, 0.4) is 0 Å². The predicted molar refractivity (Wildman–Crippen MR) is 161 cm³/mol. The molecule has 234 valence electrons. The maximum absolute atomic E-state index is 14.0. The van der Waals surface area contributed by atoms with Crippen LogP contribution in [0.1, 0.15) is 16.7 Å². The zero-order chi connectivity index (χ0) is 31.8. The quantitative estimate of drug-likeness (QED) is 0.199. The van der Waals surface area contributed by atoms with Crippen molar-refractivity contribution in [1.82, 2.24) is 19.8 Å². The minimum atomic E-state index is -4.64. The lowest BCUT2D eigenvalue weighted by atomic mass is 10.0. The zero-order valence-corrected chi connectivity index (χ0v) is 24.5. The Balaban J connectivity index is 1.13. The number of halogens is 4. The third kappa shape index (κ3) is 9.06. The van der Waals surface area contributed by atoms with Crippen LogP contribution in [0.15, 0.2) is 85.2 Å². The molecule has 2 N–H and O–H groups in total. The summed E-state index contributed by atoms with van der Waals surface area (Å²) < 4.78 is 53.0. The highest BCUT2D eigenvalue weighted by Crippen LogP contribution is 2.35. The summed E-state index contributed by atoms with van der Waals surface area (Å²) in [5.41, 5.74) is 0.447. The van der Waals surface area contributed by atoms with Crippen molar-refractivity contribution in [3.05, 3.63) is 107 Å². The molecule has 0 saturated carbocycles. The molecular weight excluding hydrogens is 613 g/mol. The number of carbonyl (C=O) groups is 2. The number of piperazine rings is 1. The molecule has 0 aliphatic carbocycles. The van der Waals surface area contributed by atoms with E-state index < -0.39 is 23.9 Å². The molecule has 1 aromatic heterocycles. The fourth-order valence-corrected chi connectivity index (χ4v) is 4.73. The van der Waals surface area contributed by atoms with Gasteiger partial charge in [-0.2, -0.15) is 13.2 Å². The number of benzene rings is 3. The van der Waals surface area contributed by atoms with E-state index in [0.29, 0.717) is 37.6 Å². The van der Waals surface area contributed by atoms with Gasteiger partial charge in [-0.25, -0.2) is 19.6 Å². The summed E-state index contributed by atoms with van der Waals surface area (Å²) in [7, 11) is 0. The first-order chi connectivity index (χ1) is 21.6. The molecule has 3 aromatic carbocycles. The number of aromatic nitrogens is 2. The Morgan fingerprint density at radius 2 is 1.56 bits per heavy atom. The number of alkyl halides is 3. The molecule has 4 aromatic rings. The van der Waals surface area contributed by atoms with Crippen molar-refractivity contribution in [2.24, 2.45) is 0 Å². The van der Waals surface area contributed by atoms with Crippen LogP contribution in [0.2, 0.25) is 5.15 Å². The molecule has 14 heteroatoms. The molecule has 10 nitrogen and oxygen atoms in total. The number of hydrogen-bond acceptors (Lipinski definition) is 7. The Morgan fingerprint density at radius 3 is 2.24 bits per heavy atom. The number of nitrogens with zero attached hydrogens (tertiary/aromatic N) is 4. The first kappa shape index (κ1) is 31.5. The summed E-state index contributed by atoms with van der Waals surface area (Å²) in [6.45, 7) is 1.61. The number of nitrogens with one attached hydrogen (secondary N) is 2. The smallest absolute Gasteiger partial charge is 0.416 e. The fraction of sp³-hybridized carbons (Fsp3) is 0.226. The number of ether oxygens (including phenoxy) is 2. The highest BCUT2D eigenvalue weighted by atomic mass is 35.5. The van der Waals surface area contributed by atoms with E-state index in [1.54, 1.807) is 29.2 Å². The maximum Gasteiger partial charge on any atom is 0.416 e. The van der Waals surface area contributed by atoms with Crippen molar-refractivity contribution in [1.29, 1.82) is 0 Å². The topological polar surface area (TPSA) is 109 Å². The third-order valence-electron chi connectivity index (χ3n) is 6.85. The Hall–Kier alpha value is -4.88. The van der Waals surface area contributed by atoms with Crippen molar-refractivity contribution in [3.8, 4) is 11.6 Å². The van der Waals surface area contributed by atoms with Crippen LogP contribution >= 0.6 is 11.6 Å². The monoisotopic (exact) mass is 640 g/mol. The van der Waals surface area contributed by atoms with Gasteiger partial charge in [0.2, 0.25) is 5.88 Å². The number of rotatable bonds is 8. The van der Waals surface area contributed by atoms with Crippen molar-refractivity contribution in [2.75, 3.05) is 36.8 Å². The van der Waals surface area contributed by atoms with Crippen LogP contribution in [0.4, 0.5) is 34.1 Å². The summed E-state index contributed by atoms with van der Waals surface area (Å²) in [4.78, 5) is 36.1. The lowest BCUT2D eigenvalue weighted by molar-refractivity contribution is -0.138. The Kier molecular flexibility index (Phi) is 10.0. The number of hydrogen-bond donors (Lipinski definition) is 2. The molecule has 1 fully saturated rings. The number of carbonyl (C=O) groups excluding carboxylic acids is 2. The maximum atomic E-state index is 14.0. The molecule has 0 unspecified atom stereocenters. The lowest BCUT2D eigenvalue weighted by Crippen LogP contribution is -2.48. The summed E-state index contributed by atoms with van der Waals surface area (Å²) in [5.74, 6) is 0.657. The van der Waals surface area contributed by atoms with E-state index in [0.717, 1.165) is 11.6 Å². The molecule has 0 atom stereocenters. The Labute approximate surface area is 261 Å². The van der Waals surface area contributed by atoms with Crippen LogP contribution in [0.25, 0.3) is 0 Å². The Morgan fingerprint density at radius 1 is 0.867 bits per heavy atom. The molecular formula is C31H28ClF3N6O4. The molecule has 0 spiro atoms. The average Bonchev–Trinajstić information content (AvgIpc) is 3.02. The van der Waals surface area contributed by atoms with E-state index in [2.05, 4.69) is 20.6 Å². The average molecular weight is 641 g/mol. The number of amides is 3. The van der Waals surface area contributed by atoms with Crippen LogP contribution < -0.4 is 15.4 Å². The minimum absolute atomic E-state index is 0.0184. The summed E-state index contributed by atoms with van der Waals surface area (Å²) in [6, 6.07) is 20.0. The molecule has 3 amide bonds. The van der Waals surface area contributed by atoms with E-state index in [-0.39, 0.29) is 35.4 Å². The van der Waals surface area contributed by atoms with Gasteiger partial charge >= 0.3 is 18.3 Å². The van der Waals surface area contributed by atoms with Crippen LogP contribution in [-0.4, -0.2) is 58.1 Å². The van der Waals surface area contributed by atoms with Crippen molar-refractivity contribution >= 4 is 35.1 Å². The van der Waals surface area contributed by atoms with Gasteiger partial charge in [-0.05, 0) is 47.5 Å². The number of urea groups is 1. The summed E-state index contributed by atoms with van der Waals surface area (Å²) in [5, 5.41) is 5.24. The molecule has 2 heterocycles. The van der Waals surface area contributed by atoms with E-state index in [9.17, 15) is 22.8 Å². The van der Waals surface area contributed by atoms with E-state index in [4.69, 9.17) is 21.1 Å². The van der Waals surface area contributed by atoms with E-state index in [1.807, 2.05) is 35.2 Å². The number of anilines is 2. The van der Waals surface area contributed by atoms with Crippen LogP contribution in [-0.2, 0) is 24.1 Å². The molecule has 1 saturated heterocycles. The highest BCUT2D eigenvalue weighted by molar-refractivity contribution is 6.29. The van der Waals surface area contributed by atoms with Gasteiger partial charge in [0.25, 0.3) is 0 Å². The molecule has 45 heavy (non-hydrogen) atoms. The first-order valence-corrected chi connectivity index (χ1v) is 14.2. The standard InChI is InChI=1S/C31H28ClF3N6O4/c32-27-17-28(37-20-36-27)45-25-10-8-23(9-11-25)38-29(42)39-24-7-6-22(26(16-24)31(33,34)35)18-40-12-14-41(15-13-40)30(43)44-19-21-4-2-1-3-5-21/h1-11,16-17,20H,12-15,18-19H2,(H2,38,39,42). The normalized spacial score (nSPS) is 13.6. The second-order valence-corrected chi connectivity index (χ2v) is 10.4. The largest absolute Gasteiger partial charge is 0.445 e. The van der Waals surface area contributed by atoms with Crippen molar-refractivity contribution in [3.63, 3.8) is 0 Å². The second-order valence-electron chi connectivity index (χ2n) is 10.1.